The SMILES string of the molecule is CCCN(CC(F)(F)F)C(=O)C1CCCN(CC2(C)CCNC2)C1.Cl. The molecule has 148 valence electrons. The zero-order valence-electron chi connectivity index (χ0n) is 15.2. The number of amides is 1. The van der Waals surface area contributed by atoms with Gasteiger partial charge in [-0.15, -0.1) is 12.4 Å². The second-order valence-electron chi connectivity index (χ2n) is 7.69. The first-order valence-electron chi connectivity index (χ1n) is 9.01. The predicted octanol–water partition coefficient (Wildman–Crippen LogP) is 2.92. The van der Waals surface area contributed by atoms with E-state index in [-0.39, 0.29) is 36.2 Å². The zero-order chi connectivity index (χ0) is 17.8. The van der Waals surface area contributed by atoms with Gasteiger partial charge in [0.05, 0.1) is 5.92 Å². The highest BCUT2D eigenvalue weighted by atomic mass is 35.5. The van der Waals surface area contributed by atoms with Crippen LogP contribution in [0.3, 0.4) is 0 Å². The first-order chi connectivity index (χ1) is 11.2. The number of hydrogen-bond acceptors (Lipinski definition) is 3. The van der Waals surface area contributed by atoms with Crippen molar-refractivity contribution in [1.29, 1.82) is 0 Å². The van der Waals surface area contributed by atoms with Gasteiger partial charge in [0.2, 0.25) is 5.91 Å². The Morgan fingerprint density at radius 1 is 1.40 bits per heavy atom. The van der Waals surface area contributed by atoms with E-state index in [1.165, 1.54) is 0 Å². The molecule has 2 rings (SSSR count). The molecule has 2 heterocycles. The maximum absolute atomic E-state index is 12.7. The molecule has 2 unspecified atom stereocenters. The quantitative estimate of drug-likeness (QED) is 0.763. The molecule has 0 aromatic rings. The number of carbonyl (C=O) groups is 1. The Balaban J connectivity index is 0.00000312. The molecular formula is C17H31ClF3N3O. The molecule has 0 aromatic carbocycles. The maximum atomic E-state index is 12.7. The topological polar surface area (TPSA) is 35.6 Å². The summed E-state index contributed by atoms with van der Waals surface area (Å²) in [6, 6.07) is 0. The van der Waals surface area contributed by atoms with Crippen LogP contribution in [-0.4, -0.2) is 67.7 Å². The van der Waals surface area contributed by atoms with Crippen LogP contribution in [0.15, 0.2) is 0 Å². The van der Waals surface area contributed by atoms with Crippen molar-refractivity contribution in [3.8, 4) is 0 Å². The summed E-state index contributed by atoms with van der Waals surface area (Å²) in [6.45, 7) is 7.52. The van der Waals surface area contributed by atoms with Crippen LogP contribution in [-0.2, 0) is 4.79 Å². The second-order valence-corrected chi connectivity index (χ2v) is 7.69. The fourth-order valence-electron chi connectivity index (χ4n) is 3.96. The van der Waals surface area contributed by atoms with Crippen molar-refractivity contribution in [2.45, 2.75) is 45.7 Å². The third-order valence-corrected chi connectivity index (χ3v) is 5.09. The molecule has 0 radical (unpaired) electrons. The average Bonchev–Trinajstić information content (AvgIpc) is 2.91. The third-order valence-electron chi connectivity index (χ3n) is 5.09. The van der Waals surface area contributed by atoms with Crippen molar-refractivity contribution < 1.29 is 18.0 Å². The molecule has 0 aromatic heterocycles. The van der Waals surface area contributed by atoms with Crippen LogP contribution in [0.2, 0.25) is 0 Å². The number of alkyl halides is 3. The van der Waals surface area contributed by atoms with Crippen molar-refractivity contribution in [3.63, 3.8) is 0 Å². The van der Waals surface area contributed by atoms with Crippen LogP contribution < -0.4 is 5.32 Å². The second kappa shape index (κ2) is 9.42. The molecule has 2 aliphatic heterocycles. The molecule has 0 spiro atoms. The van der Waals surface area contributed by atoms with Gasteiger partial charge in [-0.05, 0) is 44.2 Å². The molecule has 8 heteroatoms. The lowest BCUT2D eigenvalue weighted by atomic mass is 9.87. The first kappa shape index (κ1) is 22.5. The molecular weight excluding hydrogens is 355 g/mol. The highest BCUT2D eigenvalue weighted by molar-refractivity contribution is 5.85. The standard InChI is InChI=1S/C17H30F3N3O.ClH/c1-3-8-23(13-17(18,19)20)15(24)14-5-4-9-22(10-14)12-16(2)6-7-21-11-16;/h14,21H,3-13H2,1-2H3;1H. The number of rotatable bonds is 6. The minimum absolute atomic E-state index is 0. The third kappa shape index (κ3) is 6.94. The number of nitrogens with one attached hydrogen (secondary N) is 1. The number of carbonyl (C=O) groups excluding carboxylic acids is 1. The van der Waals surface area contributed by atoms with Crippen molar-refractivity contribution in [2.24, 2.45) is 11.3 Å². The van der Waals surface area contributed by atoms with Gasteiger partial charge >= 0.3 is 6.18 Å². The summed E-state index contributed by atoms with van der Waals surface area (Å²) >= 11 is 0. The van der Waals surface area contributed by atoms with E-state index in [2.05, 4.69) is 17.1 Å². The van der Waals surface area contributed by atoms with Crippen LogP contribution in [0.4, 0.5) is 13.2 Å². The van der Waals surface area contributed by atoms with Crippen LogP contribution in [0, 0.1) is 11.3 Å². The lowest BCUT2D eigenvalue weighted by Crippen LogP contribution is -2.49. The van der Waals surface area contributed by atoms with Gasteiger partial charge in [0.15, 0.2) is 0 Å². The van der Waals surface area contributed by atoms with Crippen LogP contribution in [0.25, 0.3) is 0 Å². The summed E-state index contributed by atoms with van der Waals surface area (Å²) in [7, 11) is 0. The largest absolute Gasteiger partial charge is 0.406 e. The molecule has 4 nitrogen and oxygen atoms in total. The van der Waals surface area contributed by atoms with Crippen molar-refractivity contribution >= 4 is 18.3 Å². The van der Waals surface area contributed by atoms with E-state index < -0.39 is 12.7 Å². The monoisotopic (exact) mass is 385 g/mol. The Morgan fingerprint density at radius 3 is 2.68 bits per heavy atom. The normalized spacial score (nSPS) is 27.8. The van der Waals surface area contributed by atoms with E-state index in [0.29, 0.717) is 19.4 Å². The Kier molecular flexibility index (Phi) is 8.48. The molecule has 2 fully saturated rings. The predicted molar refractivity (Wildman–Crippen MR) is 94.9 cm³/mol. The van der Waals surface area contributed by atoms with Gasteiger partial charge in [-0.1, -0.05) is 13.8 Å². The number of hydrogen-bond donors (Lipinski definition) is 1. The van der Waals surface area contributed by atoms with Crippen molar-refractivity contribution in [3.05, 3.63) is 0 Å². The molecule has 1 N–H and O–H groups in total. The summed E-state index contributed by atoms with van der Waals surface area (Å²) in [6.07, 6.45) is -1.10. The van der Waals surface area contributed by atoms with E-state index in [4.69, 9.17) is 0 Å². The molecule has 1 amide bonds. The van der Waals surface area contributed by atoms with E-state index in [1.807, 2.05) is 0 Å². The molecule has 2 aliphatic rings. The van der Waals surface area contributed by atoms with E-state index in [9.17, 15) is 18.0 Å². The van der Waals surface area contributed by atoms with Gasteiger partial charge in [0.1, 0.15) is 6.54 Å². The van der Waals surface area contributed by atoms with Gasteiger partial charge in [-0.25, -0.2) is 0 Å². The molecule has 0 bridgehead atoms. The lowest BCUT2D eigenvalue weighted by Gasteiger charge is -2.38. The van der Waals surface area contributed by atoms with Crippen LogP contribution in [0.5, 0.6) is 0 Å². The van der Waals surface area contributed by atoms with Crippen LogP contribution in [0.1, 0.15) is 39.5 Å². The van der Waals surface area contributed by atoms with Crippen molar-refractivity contribution in [1.82, 2.24) is 15.1 Å². The fraction of sp³-hybridized carbons (Fsp3) is 0.941. The van der Waals surface area contributed by atoms with Gasteiger partial charge in [0, 0.05) is 26.2 Å². The first-order valence-corrected chi connectivity index (χ1v) is 9.01. The summed E-state index contributed by atoms with van der Waals surface area (Å²) in [4.78, 5) is 15.9. The highest BCUT2D eigenvalue weighted by Crippen LogP contribution is 2.29. The molecule has 2 atom stereocenters. The highest BCUT2D eigenvalue weighted by Gasteiger charge is 2.38. The van der Waals surface area contributed by atoms with Crippen LogP contribution >= 0.6 is 12.4 Å². The van der Waals surface area contributed by atoms with E-state index in [1.54, 1.807) is 6.92 Å². The fourth-order valence-corrected chi connectivity index (χ4v) is 3.96. The zero-order valence-corrected chi connectivity index (χ0v) is 16.0. The van der Waals surface area contributed by atoms with E-state index >= 15 is 0 Å². The van der Waals surface area contributed by atoms with Gasteiger partial charge in [-0.2, -0.15) is 13.2 Å². The van der Waals surface area contributed by atoms with Crippen molar-refractivity contribution in [2.75, 3.05) is 45.8 Å². The minimum Gasteiger partial charge on any atom is -0.333 e. The average molecular weight is 386 g/mol. The Hall–Kier alpha value is -0.530. The number of nitrogens with zero attached hydrogens (tertiary/aromatic N) is 2. The maximum Gasteiger partial charge on any atom is 0.406 e. The summed E-state index contributed by atoms with van der Waals surface area (Å²) in [5, 5.41) is 3.37. The summed E-state index contributed by atoms with van der Waals surface area (Å²) in [5.41, 5.74) is 0.208. The number of piperidine rings is 1. The van der Waals surface area contributed by atoms with Gasteiger partial charge < -0.3 is 15.1 Å². The molecule has 0 saturated carbocycles. The Bertz CT molecular complexity index is 428. The molecule has 2 saturated heterocycles. The van der Waals surface area contributed by atoms with Gasteiger partial charge in [0.25, 0.3) is 0 Å². The summed E-state index contributed by atoms with van der Waals surface area (Å²) < 4.78 is 38.2. The Morgan fingerprint density at radius 2 is 2.12 bits per heavy atom. The number of likely N-dealkylation sites (tertiary alicyclic amines) is 1. The van der Waals surface area contributed by atoms with E-state index in [0.717, 1.165) is 43.9 Å². The number of halogens is 4. The summed E-state index contributed by atoms with van der Waals surface area (Å²) in [5.74, 6) is -0.626. The van der Waals surface area contributed by atoms with Gasteiger partial charge in [-0.3, -0.25) is 4.79 Å². The minimum atomic E-state index is -4.33. The Labute approximate surface area is 154 Å². The lowest BCUT2D eigenvalue weighted by molar-refractivity contribution is -0.165. The molecule has 25 heavy (non-hydrogen) atoms. The smallest absolute Gasteiger partial charge is 0.333 e. The molecule has 0 aliphatic carbocycles.